The molecule has 2 fully saturated rings. The predicted molar refractivity (Wildman–Crippen MR) is 93.9 cm³/mol. The number of benzene rings is 1. The molecule has 2 heterocycles. The quantitative estimate of drug-likeness (QED) is 0.755. The van der Waals surface area contributed by atoms with Gasteiger partial charge in [-0.05, 0) is 49.5 Å². The number of carboxylic acids is 1. The third-order valence-electron chi connectivity index (χ3n) is 4.52. The van der Waals surface area contributed by atoms with Gasteiger partial charge in [-0.1, -0.05) is 23.7 Å². The number of alkyl halides is 3. The molecule has 0 saturated carbocycles. The van der Waals surface area contributed by atoms with Gasteiger partial charge in [-0.3, -0.25) is 0 Å². The normalized spacial score (nSPS) is 25.0. The molecule has 0 aromatic heterocycles. The third-order valence-corrected chi connectivity index (χ3v) is 7.15. The number of fused-ring (bicyclic) bond motifs is 1. The molecule has 0 aliphatic carbocycles. The summed E-state index contributed by atoms with van der Waals surface area (Å²) in [5, 5.41) is 10.9. The second-order valence-corrected chi connectivity index (χ2v) is 8.98. The fraction of sp³-hybridized carbons (Fsp3) is 0.562. The van der Waals surface area contributed by atoms with Crippen LogP contribution in [0.2, 0.25) is 5.02 Å². The number of aliphatic carboxylic acids is 1. The van der Waals surface area contributed by atoms with Crippen molar-refractivity contribution in [1.82, 2.24) is 9.62 Å². The molecule has 0 spiro atoms. The Hall–Kier alpha value is -1.36. The summed E-state index contributed by atoms with van der Waals surface area (Å²) in [6.07, 6.45) is -3.41. The lowest BCUT2D eigenvalue weighted by Gasteiger charge is -2.17. The van der Waals surface area contributed by atoms with Crippen LogP contribution < -0.4 is 5.32 Å². The van der Waals surface area contributed by atoms with Gasteiger partial charge in [0.15, 0.2) is 0 Å². The molecule has 0 bridgehead atoms. The molecule has 2 saturated heterocycles. The second kappa shape index (κ2) is 8.76. The van der Waals surface area contributed by atoms with E-state index in [1.165, 1.54) is 0 Å². The number of nitrogens with zero attached hydrogens (tertiary/aromatic N) is 1. The molecule has 0 radical (unpaired) electrons. The van der Waals surface area contributed by atoms with E-state index in [0.29, 0.717) is 18.1 Å². The highest BCUT2D eigenvalue weighted by Gasteiger charge is 2.45. The first-order valence-electron chi connectivity index (χ1n) is 8.26. The fourth-order valence-corrected chi connectivity index (χ4v) is 5.55. The van der Waals surface area contributed by atoms with Crippen molar-refractivity contribution in [2.24, 2.45) is 5.92 Å². The Morgan fingerprint density at radius 2 is 1.78 bits per heavy atom. The lowest BCUT2D eigenvalue weighted by Crippen LogP contribution is -2.30. The summed E-state index contributed by atoms with van der Waals surface area (Å²) in [5.41, 5.74) is 0.993. The van der Waals surface area contributed by atoms with Crippen molar-refractivity contribution in [2.75, 3.05) is 19.6 Å². The van der Waals surface area contributed by atoms with Crippen LogP contribution in [0, 0.1) is 5.92 Å². The summed E-state index contributed by atoms with van der Waals surface area (Å²) in [7, 11) is -3.16. The third kappa shape index (κ3) is 5.81. The molecule has 6 nitrogen and oxygen atoms in total. The average Bonchev–Trinajstić information content (AvgIpc) is 2.73. The highest BCUT2D eigenvalue weighted by atomic mass is 35.5. The van der Waals surface area contributed by atoms with Crippen LogP contribution in [0.5, 0.6) is 0 Å². The number of hydrogen-bond acceptors (Lipinski definition) is 4. The average molecular weight is 429 g/mol. The number of sulfonamides is 1. The van der Waals surface area contributed by atoms with Crippen molar-refractivity contribution >= 4 is 27.6 Å². The lowest BCUT2D eigenvalue weighted by atomic mass is 10.0. The fourth-order valence-electron chi connectivity index (χ4n) is 3.18. The van der Waals surface area contributed by atoms with Crippen LogP contribution in [0.15, 0.2) is 24.3 Å². The van der Waals surface area contributed by atoms with E-state index in [-0.39, 0.29) is 11.2 Å². The van der Waals surface area contributed by atoms with Gasteiger partial charge >= 0.3 is 12.1 Å². The highest BCUT2D eigenvalue weighted by molar-refractivity contribution is 7.90. The molecule has 27 heavy (non-hydrogen) atoms. The molecule has 0 amide bonds. The Kier molecular flexibility index (Phi) is 7.12. The van der Waals surface area contributed by atoms with Crippen molar-refractivity contribution < 1.29 is 31.5 Å². The van der Waals surface area contributed by atoms with Crippen LogP contribution in [-0.4, -0.2) is 54.9 Å². The Morgan fingerprint density at radius 3 is 2.33 bits per heavy atom. The van der Waals surface area contributed by atoms with Crippen LogP contribution >= 0.6 is 11.6 Å². The number of halogens is 4. The van der Waals surface area contributed by atoms with E-state index in [1.807, 2.05) is 24.3 Å². The largest absolute Gasteiger partial charge is 0.490 e. The molecule has 3 rings (SSSR count). The first-order valence-corrected chi connectivity index (χ1v) is 10.1. The van der Waals surface area contributed by atoms with Gasteiger partial charge in [0.25, 0.3) is 0 Å². The van der Waals surface area contributed by atoms with E-state index in [0.717, 1.165) is 31.5 Å². The molecule has 11 heteroatoms. The number of rotatable bonds is 2. The summed E-state index contributed by atoms with van der Waals surface area (Å²) >= 11 is 5.86. The summed E-state index contributed by atoms with van der Waals surface area (Å²) < 4.78 is 58.6. The zero-order valence-corrected chi connectivity index (χ0v) is 15.8. The maximum Gasteiger partial charge on any atom is 0.490 e. The second-order valence-electron chi connectivity index (χ2n) is 6.39. The summed E-state index contributed by atoms with van der Waals surface area (Å²) in [6.45, 7) is 2.83. The Labute approximate surface area is 160 Å². The van der Waals surface area contributed by atoms with Crippen molar-refractivity contribution in [3.63, 3.8) is 0 Å². The van der Waals surface area contributed by atoms with Crippen molar-refractivity contribution in [3.05, 3.63) is 34.9 Å². The van der Waals surface area contributed by atoms with Gasteiger partial charge in [-0.2, -0.15) is 17.5 Å². The van der Waals surface area contributed by atoms with Gasteiger partial charge in [0, 0.05) is 18.1 Å². The lowest BCUT2D eigenvalue weighted by molar-refractivity contribution is -0.192. The minimum atomic E-state index is -5.08. The maximum atomic E-state index is 12.6. The number of carboxylic acid groups (broad SMARTS) is 1. The standard InChI is InChI=1S/C14H19ClN2O2S.C2HF3O2/c15-13-3-1-11(2-4-13)9-17-10-12-5-7-16-8-6-14(12)20(17,18)19;3-2(4,5)1(6)7/h1-4,12,14,16H,5-10H2;(H,6,7)/t12-,14-;/m1./s1. The molecule has 2 aliphatic heterocycles. The van der Waals surface area contributed by atoms with Crippen LogP contribution in [-0.2, 0) is 21.4 Å². The van der Waals surface area contributed by atoms with Gasteiger partial charge in [-0.15, -0.1) is 0 Å². The predicted octanol–water partition coefficient (Wildman–Crippen LogP) is 2.49. The highest BCUT2D eigenvalue weighted by Crippen LogP contribution is 2.34. The van der Waals surface area contributed by atoms with Gasteiger partial charge in [0.1, 0.15) is 0 Å². The molecular weight excluding hydrogens is 409 g/mol. The van der Waals surface area contributed by atoms with Crippen molar-refractivity contribution in [3.8, 4) is 0 Å². The van der Waals surface area contributed by atoms with E-state index in [9.17, 15) is 21.6 Å². The molecule has 2 N–H and O–H groups in total. The number of hydrogen-bond donors (Lipinski definition) is 2. The Bertz CT molecular complexity index is 756. The zero-order valence-electron chi connectivity index (χ0n) is 14.2. The molecule has 1 aromatic carbocycles. The molecule has 1 aromatic rings. The smallest absolute Gasteiger partial charge is 0.475 e. The molecular formula is C16H20ClF3N2O4S. The maximum absolute atomic E-state index is 12.6. The molecule has 152 valence electrons. The van der Waals surface area contributed by atoms with Crippen molar-refractivity contribution in [2.45, 2.75) is 30.8 Å². The molecule has 2 atom stereocenters. The van der Waals surface area contributed by atoms with E-state index >= 15 is 0 Å². The number of nitrogens with one attached hydrogen (secondary N) is 1. The van der Waals surface area contributed by atoms with Gasteiger partial charge < -0.3 is 10.4 Å². The van der Waals surface area contributed by atoms with E-state index < -0.39 is 22.2 Å². The summed E-state index contributed by atoms with van der Waals surface area (Å²) in [5.74, 6) is -2.49. The van der Waals surface area contributed by atoms with Gasteiger partial charge in [0.05, 0.1) is 5.25 Å². The first-order chi connectivity index (χ1) is 12.5. The Morgan fingerprint density at radius 1 is 1.22 bits per heavy atom. The topological polar surface area (TPSA) is 86.7 Å². The van der Waals surface area contributed by atoms with E-state index in [4.69, 9.17) is 21.5 Å². The van der Waals surface area contributed by atoms with Crippen LogP contribution in [0.25, 0.3) is 0 Å². The Balaban J connectivity index is 0.000000321. The number of carbonyl (C=O) groups is 1. The van der Waals surface area contributed by atoms with E-state index in [2.05, 4.69) is 5.32 Å². The zero-order chi connectivity index (χ0) is 20.2. The van der Waals surface area contributed by atoms with Gasteiger partial charge in [0.2, 0.25) is 10.0 Å². The van der Waals surface area contributed by atoms with Crippen molar-refractivity contribution in [1.29, 1.82) is 0 Å². The van der Waals surface area contributed by atoms with E-state index in [1.54, 1.807) is 4.31 Å². The van der Waals surface area contributed by atoms with Crippen LogP contribution in [0.3, 0.4) is 0 Å². The minimum absolute atomic E-state index is 0.204. The van der Waals surface area contributed by atoms with Crippen LogP contribution in [0.4, 0.5) is 13.2 Å². The first kappa shape index (κ1) is 21.9. The SMILES string of the molecule is O=C(O)C(F)(F)F.O=S1(=O)[C@@H]2CCNCC[C@@H]2CN1Cc1ccc(Cl)cc1. The monoisotopic (exact) mass is 428 g/mol. The minimum Gasteiger partial charge on any atom is -0.475 e. The van der Waals surface area contributed by atoms with Gasteiger partial charge in [-0.25, -0.2) is 13.2 Å². The summed E-state index contributed by atoms with van der Waals surface area (Å²) in [4.78, 5) is 8.90. The molecule has 2 aliphatic rings. The summed E-state index contributed by atoms with van der Waals surface area (Å²) in [6, 6.07) is 7.41. The van der Waals surface area contributed by atoms with Crippen LogP contribution in [0.1, 0.15) is 18.4 Å². The molecule has 0 unspecified atom stereocenters.